The molecule has 5 heteroatoms. The normalized spacial score (nSPS) is 19.6. The molecule has 2 aromatic rings. The van der Waals surface area contributed by atoms with Crippen molar-refractivity contribution in [2.45, 2.75) is 76.7 Å². The summed E-state index contributed by atoms with van der Waals surface area (Å²) in [6, 6.07) is 12.5. The van der Waals surface area contributed by atoms with Crippen LogP contribution in [0.15, 0.2) is 36.4 Å². The van der Waals surface area contributed by atoms with Crippen LogP contribution in [0.4, 0.5) is 0 Å². The maximum atomic E-state index is 10.7. The molecule has 0 bridgehead atoms. The third-order valence-electron chi connectivity index (χ3n) is 6.79. The Morgan fingerprint density at radius 3 is 2.06 bits per heavy atom. The molecule has 32 heavy (non-hydrogen) atoms. The molecule has 2 saturated heterocycles. The van der Waals surface area contributed by atoms with E-state index in [1.165, 1.54) is 24.2 Å². The summed E-state index contributed by atoms with van der Waals surface area (Å²) in [5.41, 5.74) is 3.71. The minimum Gasteiger partial charge on any atom is -0.383 e. The van der Waals surface area contributed by atoms with E-state index in [9.17, 15) is 5.11 Å². The predicted octanol–water partition coefficient (Wildman–Crippen LogP) is 4.79. The van der Waals surface area contributed by atoms with Gasteiger partial charge in [-0.2, -0.15) is 0 Å². The molecule has 0 spiro atoms. The van der Waals surface area contributed by atoms with Crippen molar-refractivity contribution >= 4 is 0 Å². The van der Waals surface area contributed by atoms with Gasteiger partial charge in [0.15, 0.2) is 0 Å². The Labute approximate surface area is 194 Å². The average Bonchev–Trinajstić information content (AvgIpc) is 2.82. The van der Waals surface area contributed by atoms with Crippen LogP contribution in [0.2, 0.25) is 0 Å². The molecule has 5 nitrogen and oxygen atoms in total. The highest BCUT2D eigenvalue weighted by Crippen LogP contribution is 2.31. The van der Waals surface area contributed by atoms with Crippen molar-refractivity contribution in [3.8, 4) is 0 Å². The number of nitrogens with zero attached hydrogens (tertiary/aromatic N) is 3. The summed E-state index contributed by atoms with van der Waals surface area (Å²) in [5.74, 6) is 1.61. The summed E-state index contributed by atoms with van der Waals surface area (Å²) in [7, 11) is 2.09. The fourth-order valence-corrected chi connectivity index (χ4v) is 4.41. The third-order valence-corrected chi connectivity index (χ3v) is 6.79. The quantitative estimate of drug-likeness (QED) is 0.719. The molecule has 2 aromatic heterocycles. The van der Waals surface area contributed by atoms with Crippen molar-refractivity contribution in [2.24, 2.45) is 0 Å². The molecule has 4 rings (SSSR count). The van der Waals surface area contributed by atoms with Crippen LogP contribution in [-0.4, -0.2) is 53.2 Å². The summed E-state index contributed by atoms with van der Waals surface area (Å²) in [6.07, 6.45) is 4.01. The largest absolute Gasteiger partial charge is 0.383 e. The molecule has 0 aliphatic carbocycles. The Balaban J connectivity index is 0.000000182. The molecule has 176 valence electrons. The number of hydrogen-bond donors (Lipinski definition) is 2. The molecule has 4 heterocycles. The van der Waals surface area contributed by atoms with Gasteiger partial charge in [0.2, 0.25) is 0 Å². The Bertz CT molecular complexity index is 837. The molecule has 2 aliphatic rings. The Kier molecular flexibility index (Phi) is 8.80. The second kappa shape index (κ2) is 11.4. The lowest BCUT2D eigenvalue weighted by molar-refractivity contribution is -0.0240. The maximum Gasteiger partial charge on any atom is 0.109 e. The van der Waals surface area contributed by atoms with E-state index in [0.29, 0.717) is 17.8 Å². The predicted molar refractivity (Wildman–Crippen MR) is 132 cm³/mol. The number of hydrogen-bond acceptors (Lipinski definition) is 5. The molecule has 0 radical (unpaired) electrons. The second-order valence-corrected chi connectivity index (χ2v) is 10.1. The molecular weight excluding hydrogens is 396 g/mol. The number of piperidine rings is 2. The van der Waals surface area contributed by atoms with Gasteiger partial charge in [-0.25, -0.2) is 0 Å². The highest BCUT2D eigenvalue weighted by Gasteiger charge is 2.34. The fraction of sp³-hybridized carbons (Fsp3) is 0.630. The van der Waals surface area contributed by atoms with Crippen molar-refractivity contribution in [3.63, 3.8) is 0 Å². The number of nitrogens with one attached hydrogen (secondary N) is 1. The van der Waals surface area contributed by atoms with E-state index < -0.39 is 5.60 Å². The highest BCUT2D eigenvalue weighted by molar-refractivity contribution is 5.20. The molecule has 2 N–H and O–H groups in total. The van der Waals surface area contributed by atoms with Crippen LogP contribution in [0.25, 0.3) is 0 Å². The maximum absolute atomic E-state index is 10.7. The fourth-order valence-electron chi connectivity index (χ4n) is 4.41. The molecule has 0 amide bonds. The Morgan fingerprint density at radius 1 is 0.906 bits per heavy atom. The number of aromatic nitrogens is 2. The summed E-state index contributed by atoms with van der Waals surface area (Å²) in [4.78, 5) is 11.6. The number of rotatable bonds is 4. The van der Waals surface area contributed by atoms with Gasteiger partial charge in [0.1, 0.15) is 5.60 Å². The van der Waals surface area contributed by atoms with E-state index in [0.717, 1.165) is 50.4 Å². The molecule has 0 aromatic carbocycles. The van der Waals surface area contributed by atoms with Gasteiger partial charge in [-0.15, -0.1) is 0 Å². The standard InChI is InChI=1S/C14H22N2O.C13H20N2/c1-11(2)12-5-4-6-13(15-12)14(17)7-9-16(3)10-8-14;1-10(2)12-4-3-5-13(15-12)11-6-8-14-9-7-11/h4-6,11,17H,7-10H2,1-3H3;3-5,10-11,14H,6-9H2,1-2H3. The van der Waals surface area contributed by atoms with Crippen LogP contribution >= 0.6 is 0 Å². The van der Waals surface area contributed by atoms with Gasteiger partial charge < -0.3 is 15.3 Å². The number of aliphatic hydroxyl groups is 1. The van der Waals surface area contributed by atoms with Crippen LogP contribution in [-0.2, 0) is 5.60 Å². The van der Waals surface area contributed by atoms with Gasteiger partial charge in [0.05, 0.1) is 5.69 Å². The van der Waals surface area contributed by atoms with Crippen LogP contribution in [0.5, 0.6) is 0 Å². The van der Waals surface area contributed by atoms with Crippen LogP contribution in [0.3, 0.4) is 0 Å². The minimum absolute atomic E-state index is 0.407. The summed E-state index contributed by atoms with van der Waals surface area (Å²) in [6.45, 7) is 12.8. The van der Waals surface area contributed by atoms with E-state index in [2.05, 4.69) is 68.1 Å². The van der Waals surface area contributed by atoms with E-state index in [1.807, 2.05) is 18.2 Å². The number of pyridine rings is 2. The van der Waals surface area contributed by atoms with Crippen LogP contribution in [0.1, 0.15) is 93.9 Å². The van der Waals surface area contributed by atoms with Crippen molar-refractivity contribution in [1.82, 2.24) is 20.2 Å². The monoisotopic (exact) mass is 438 g/mol. The van der Waals surface area contributed by atoms with Crippen molar-refractivity contribution in [2.75, 3.05) is 33.2 Å². The van der Waals surface area contributed by atoms with E-state index in [-0.39, 0.29) is 0 Å². The van der Waals surface area contributed by atoms with Gasteiger partial charge in [-0.05, 0) is 81.9 Å². The van der Waals surface area contributed by atoms with Gasteiger partial charge in [-0.3, -0.25) is 9.97 Å². The molecule has 0 unspecified atom stereocenters. The first kappa shape index (κ1) is 24.8. The number of likely N-dealkylation sites (tertiary alicyclic amines) is 1. The molecular formula is C27H42N4O. The molecule has 2 aliphatic heterocycles. The summed E-state index contributed by atoms with van der Waals surface area (Å²) >= 11 is 0. The first-order valence-corrected chi connectivity index (χ1v) is 12.3. The summed E-state index contributed by atoms with van der Waals surface area (Å²) < 4.78 is 0. The lowest BCUT2D eigenvalue weighted by Crippen LogP contribution is -2.41. The zero-order valence-corrected chi connectivity index (χ0v) is 20.6. The first-order chi connectivity index (χ1) is 15.3. The lowest BCUT2D eigenvalue weighted by Gasteiger charge is -2.36. The van der Waals surface area contributed by atoms with Gasteiger partial charge in [0, 0.05) is 36.1 Å². The zero-order chi connectivity index (χ0) is 23.1. The Morgan fingerprint density at radius 2 is 1.47 bits per heavy atom. The minimum atomic E-state index is -0.725. The van der Waals surface area contributed by atoms with Gasteiger partial charge >= 0.3 is 0 Å². The van der Waals surface area contributed by atoms with Crippen molar-refractivity contribution in [3.05, 3.63) is 59.2 Å². The molecule has 0 atom stereocenters. The third kappa shape index (κ3) is 6.60. The van der Waals surface area contributed by atoms with E-state index >= 15 is 0 Å². The summed E-state index contributed by atoms with van der Waals surface area (Å²) in [5, 5.41) is 14.1. The van der Waals surface area contributed by atoms with E-state index in [1.54, 1.807) is 0 Å². The zero-order valence-electron chi connectivity index (χ0n) is 20.6. The van der Waals surface area contributed by atoms with Gasteiger partial charge in [0.25, 0.3) is 0 Å². The topological polar surface area (TPSA) is 61.3 Å². The Hall–Kier alpha value is -1.82. The average molecular weight is 439 g/mol. The van der Waals surface area contributed by atoms with Crippen LogP contribution < -0.4 is 5.32 Å². The van der Waals surface area contributed by atoms with Gasteiger partial charge in [-0.1, -0.05) is 39.8 Å². The van der Waals surface area contributed by atoms with Crippen molar-refractivity contribution in [1.29, 1.82) is 0 Å². The second-order valence-electron chi connectivity index (χ2n) is 10.1. The molecule has 2 fully saturated rings. The lowest BCUT2D eigenvalue weighted by atomic mass is 9.87. The van der Waals surface area contributed by atoms with Crippen LogP contribution in [0, 0.1) is 0 Å². The van der Waals surface area contributed by atoms with E-state index in [4.69, 9.17) is 4.98 Å². The highest BCUT2D eigenvalue weighted by atomic mass is 16.3. The smallest absolute Gasteiger partial charge is 0.109 e. The molecule has 0 saturated carbocycles. The first-order valence-electron chi connectivity index (χ1n) is 12.3. The van der Waals surface area contributed by atoms with Crippen molar-refractivity contribution < 1.29 is 5.11 Å². The SMILES string of the molecule is CC(C)c1cccc(C2(O)CCN(C)CC2)n1.CC(C)c1cccc(C2CCNCC2)n1.